The Morgan fingerprint density at radius 2 is 1.88 bits per heavy atom. The molecule has 0 saturated heterocycles. The molecule has 1 aliphatic heterocycles. The lowest BCUT2D eigenvalue weighted by atomic mass is 10.2. The van der Waals surface area contributed by atoms with Gasteiger partial charge < -0.3 is 9.64 Å². The molecule has 0 spiro atoms. The Bertz CT molecular complexity index is 1100. The molecule has 1 aliphatic rings. The maximum atomic E-state index is 12.8. The molecule has 0 N–H and O–H groups in total. The molecule has 4 rings (SSSR count). The number of hydrogen-bond donors (Lipinski definition) is 0. The zero-order valence-corrected chi connectivity index (χ0v) is 16.5. The summed E-state index contributed by atoms with van der Waals surface area (Å²) in [5, 5.41) is 0. The minimum absolute atomic E-state index is 0.00798. The lowest BCUT2D eigenvalue weighted by molar-refractivity contribution is 0.415. The molecular formula is C19H16BrN3O2S. The Kier molecular flexibility index (Phi) is 4.65. The Balaban J connectivity index is 1.67. The van der Waals surface area contributed by atoms with Gasteiger partial charge in [0, 0.05) is 10.2 Å². The normalized spacial score (nSPS) is 14.1. The first-order valence-electron chi connectivity index (χ1n) is 8.04. The van der Waals surface area contributed by atoms with Crippen molar-refractivity contribution in [1.82, 2.24) is 4.57 Å². The number of halogens is 1. The van der Waals surface area contributed by atoms with Crippen LogP contribution in [-0.4, -0.2) is 18.3 Å². The number of hydrogen-bond acceptors (Lipinski definition) is 5. The SMILES string of the molecule is COc1ccc(C=c2sc3n(c2=O)CN(c2ccc(Br)cc2)CN=3)cc1. The fourth-order valence-electron chi connectivity index (χ4n) is 2.78. The molecule has 0 saturated carbocycles. The highest BCUT2D eigenvalue weighted by atomic mass is 79.9. The van der Waals surface area contributed by atoms with Crippen LogP contribution in [0.2, 0.25) is 0 Å². The molecule has 1 aromatic heterocycles. The second-order valence-corrected chi connectivity index (χ2v) is 7.78. The van der Waals surface area contributed by atoms with Crippen LogP contribution in [0.15, 0.2) is 62.8 Å². The van der Waals surface area contributed by atoms with Gasteiger partial charge in [0.05, 0.1) is 11.6 Å². The first-order chi connectivity index (χ1) is 12.6. The topological polar surface area (TPSA) is 46.8 Å². The fourth-order valence-corrected chi connectivity index (χ4v) is 4.01. The first-order valence-corrected chi connectivity index (χ1v) is 9.65. The molecule has 2 heterocycles. The van der Waals surface area contributed by atoms with E-state index in [0.717, 1.165) is 26.3 Å². The van der Waals surface area contributed by atoms with Gasteiger partial charge in [-0.1, -0.05) is 39.4 Å². The quantitative estimate of drug-likeness (QED) is 0.642. The molecule has 132 valence electrons. The molecular weight excluding hydrogens is 414 g/mol. The van der Waals surface area contributed by atoms with Crippen molar-refractivity contribution < 1.29 is 4.74 Å². The molecule has 2 aromatic carbocycles. The van der Waals surface area contributed by atoms with Crippen molar-refractivity contribution in [1.29, 1.82) is 0 Å². The summed E-state index contributed by atoms with van der Waals surface area (Å²) in [5.41, 5.74) is 2.00. The van der Waals surface area contributed by atoms with Gasteiger partial charge in [-0.2, -0.15) is 0 Å². The monoisotopic (exact) mass is 429 g/mol. The van der Waals surface area contributed by atoms with Crippen LogP contribution in [0.3, 0.4) is 0 Å². The van der Waals surface area contributed by atoms with Crippen LogP contribution in [0.4, 0.5) is 5.69 Å². The van der Waals surface area contributed by atoms with E-state index in [1.165, 1.54) is 11.3 Å². The maximum absolute atomic E-state index is 12.8. The van der Waals surface area contributed by atoms with Gasteiger partial charge in [-0.05, 0) is 48.0 Å². The van der Waals surface area contributed by atoms with E-state index in [-0.39, 0.29) is 5.56 Å². The summed E-state index contributed by atoms with van der Waals surface area (Å²) in [6.07, 6.45) is 1.90. The molecule has 0 amide bonds. The number of rotatable bonds is 3. The smallest absolute Gasteiger partial charge is 0.271 e. The number of nitrogens with zero attached hydrogens (tertiary/aromatic N) is 3. The lowest BCUT2D eigenvalue weighted by Gasteiger charge is -2.25. The number of benzene rings is 2. The van der Waals surface area contributed by atoms with Crippen LogP contribution >= 0.6 is 27.3 Å². The van der Waals surface area contributed by atoms with Crippen molar-refractivity contribution >= 4 is 39.0 Å². The third-order valence-electron chi connectivity index (χ3n) is 4.18. The Morgan fingerprint density at radius 1 is 1.15 bits per heavy atom. The lowest BCUT2D eigenvalue weighted by Crippen LogP contribution is -2.42. The summed E-state index contributed by atoms with van der Waals surface area (Å²) in [7, 11) is 1.64. The predicted molar refractivity (Wildman–Crippen MR) is 107 cm³/mol. The van der Waals surface area contributed by atoms with Crippen LogP contribution < -0.4 is 24.5 Å². The number of ether oxygens (including phenoxy) is 1. The average Bonchev–Trinajstić information content (AvgIpc) is 2.98. The standard InChI is InChI=1S/C19H16BrN3O2S/c1-25-16-8-2-13(3-9-16)10-17-18(24)23-12-22(11-21-19(23)26-17)15-6-4-14(20)5-7-15/h2-10H,11-12H2,1H3. The maximum Gasteiger partial charge on any atom is 0.271 e. The van der Waals surface area contributed by atoms with E-state index in [9.17, 15) is 4.79 Å². The molecule has 26 heavy (non-hydrogen) atoms. The van der Waals surface area contributed by atoms with E-state index in [1.807, 2.05) is 54.6 Å². The molecule has 0 unspecified atom stereocenters. The Hall–Kier alpha value is -2.38. The number of fused-ring (bicyclic) bond motifs is 1. The zero-order chi connectivity index (χ0) is 18.1. The van der Waals surface area contributed by atoms with Crippen LogP contribution in [0.5, 0.6) is 5.75 Å². The van der Waals surface area contributed by atoms with Gasteiger partial charge >= 0.3 is 0 Å². The Labute approximate surface area is 162 Å². The van der Waals surface area contributed by atoms with Crippen molar-refractivity contribution in [2.45, 2.75) is 6.67 Å². The van der Waals surface area contributed by atoms with E-state index >= 15 is 0 Å². The van der Waals surface area contributed by atoms with Crippen molar-refractivity contribution in [3.05, 3.63) is 78.3 Å². The molecule has 7 heteroatoms. The molecule has 0 atom stereocenters. The van der Waals surface area contributed by atoms with E-state index in [4.69, 9.17) is 4.74 Å². The predicted octanol–water partition coefficient (Wildman–Crippen LogP) is 2.56. The number of aromatic nitrogens is 1. The minimum atomic E-state index is -0.00798. The van der Waals surface area contributed by atoms with Crippen molar-refractivity contribution in [2.24, 2.45) is 4.99 Å². The van der Waals surface area contributed by atoms with E-state index in [1.54, 1.807) is 11.7 Å². The van der Waals surface area contributed by atoms with Gasteiger partial charge in [0.2, 0.25) is 0 Å². The highest BCUT2D eigenvalue weighted by molar-refractivity contribution is 9.10. The van der Waals surface area contributed by atoms with Gasteiger partial charge in [-0.15, -0.1) is 0 Å². The summed E-state index contributed by atoms with van der Waals surface area (Å²) in [6.45, 7) is 1.05. The summed E-state index contributed by atoms with van der Waals surface area (Å²) in [5.74, 6) is 0.796. The summed E-state index contributed by atoms with van der Waals surface area (Å²) < 4.78 is 8.61. The van der Waals surface area contributed by atoms with Gasteiger partial charge in [-0.3, -0.25) is 9.36 Å². The number of methoxy groups -OCH3 is 1. The molecule has 3 aromatic rings. The van der Waals surface area contributed by atoms with Gasteiger partial charge in [-0.25, -0.2) is 4.99 Å². The van der Waals surface area contributed by atoms with Gasteiger partial charge in [0.15, 0.2) is 4.80 Å². The van der Waals surface area contributed by atoms with Crippen LogP contribution in [-0.2, 0) is 6.67 Å². The second-order valence-electron chi connectivity index (χ2n) is 5.86. The second kappa shape index (κ2) is 7.09. The number of thiazole rings is 1. The average molecular weight is 430 g/mol. The third-order valence-corrected chi connectivity index (χ3v) is 5.76. The molecule has 0 aliphatic carbocycles. The summed E-state index contributed by atoms with van der Waals surface area (Å²) in [4.78, 5) is 20.2. The summed E-state index contributed by atoms with van der Waals surface area (Å²) in [6, 6.07) is 15.7. The fraction of sp³-hybridized carbons (Fsp3) is 0.158. The van der Waals surface area contributed by atoms with Crippen molar-refractivity contribution in [3.63, 3.8) is 0 Å². The van der Waals surface area contributed by atoms with Crippen molar-refractivity contribution in [2.75, 3.05) is 18.7 Å². The van der Waals surface area contributed by atoms with Crippen LogP contribution in [0.25, 0.3) is 6.08 Å². The minimum Gasteiger partial charge on any atom is -0.497 e. The zero-order valence-electron chi connectivity index (χ0n) is 14.1. The molecule has 0 radical (unpaired) electrons. The van der Waals surface area contributed by atoms with E-state index < -0.39 is 0 Å². The largest absolute Gasteiger partial charge is 0.497 e. The van der Waals surface area contributed by atoms with Crippen molar-refractivity contribution in [3.8, 4) is 5.75 Å². The highest BCUT2D eigenvalue weighted by Crippen LogP contribution is 2.19. The molecule has 0 bridgehead atoms. The van der Waals surface area contributed by atoms with Gasteiger partial charge in [0.1, 0.15) is 19.1 Å². The summed E-state index contributed by atoms with van der Waals surface area (Å²) >= 11 is 4.87. The molecule has 5 nitrogen and oxygen atoms in total. The van der Waals surface area contributed by atoms with Crippen LogP contribution in [0, 0.1) is 0 Å². The highest BCUT2D eigenvalue weighted by Gasteiger charge is 2.15. The Morgan fingerprint density at radius 3 is 2.58 bits per heavy atom. The van der Waals surface area contributed by atoms with E-state index in [2.05, 4.69) is 25.8 Å². The van der Waals surface area contributed by atoms with Gasteiger partial charge in [0.25, 0.3) is 5.56 Å². The third kappa shape index (κ3) is 3.32. The molecule has 0 fully saturated rings. The first kappa shape index (κ1) is 17.1. The van der Waals surface area contributed by atoms with Crippen LogP contribution in [0.1, 0.15) is 5.56 Å². The van der Waals surface area contributed by atoms with E-state index in [0.29, 0.717) is 17.9 Å². The number of anilines is 1.